The van der Waals surface area contributed by atoms with Crippen molar-refractivity contribution in [1.29, 1.82) is 0 Å². The van der Waals surface area contributed by atoms with Crippen LogP contribution in [0.2, 0.25) is 0 Å². The molecule has 0 saturated carbocycles. The molecule has 0 radical (unpaired) electrons. The monoisotopic (exact) mass is 343 g/mol. The van der Waals surface area contributed by atoms with Gasteiger partial charge in [0, 0.05) is 30.7 Å². The van der Waals surface area contributed by atoms with Crippen molar-refractivity contribution in [2.24, 2.45) is 0 Å². The van der Waals surface area contributed by atoms with Crippen LogP contribution < -0.4 is 10.6 Å². The Balaban J connectivity index is 1.92. The molecule has 1 heterocycles. The van der Waals surface area contributed by atoms with E-state index in [4.69, 9.17) is 0 Å². The van der Waals surface area contributed by atoms with Gasteiger partial charge < -0.3 is 15.5 Å². The van der Waals surface area contributed by atoms with E-state index in [9.17, 15) is 22.8 Å². The number of hydrogen-bond donors (Lipinski definition) is 2. The fourth-order valence-corrected chi connectivity index (χ4v) is 2.58. The maximum Gasteiger partial charge on any atom is 0.416 e. The van der Waals surface area contributed by atoms with E-state index in [1.807, 2.05) is 13.8 Å². The molecule has 2 N–H and O–H groups in total. The molecule has 2 amide bonds. The molecule has 0 spiro atoms. The van der Waals surface area contributed by atoms with Crippen molar-refractivity contribution in [2.45, 2.75) is 32.1 Å². The first-order valence-corrected chi connectivity index (χ1v) is 7.68. The molecule has 2 atom stereocenters. The van der Waals surface area contributed by atoms with E-state index in [1.54, 1.807) is 4.90 Å². The fraction of sp³-hybridized carbons (Fsp3) is 0.500. The number of benzene rings is 1. The third-order valence-corrected chi connectivity index (χ3v) is 4.23. The lowest BCUT2D eigenvalue weighted by Crippen LogP contribution is -2.58. The Morgan fingerprint density at radius 3 is 2.46 bits per heavy atom. The molecule has 1 saturated heterocycles. The number of carbonyl (C=O) groups is 2. The number of rotatable bonds is 3. The molecule has 2 unspecified atom stereocenters. The van der Waals surface area contributed by atoms with Gasteiger partial charge >= 0.3 is 6.18 Å². The second-order valence-corrected chi connectivity index (χ2v) is 5.83. The predicted octanol–water partition coefficient (Wildman–Crippen LogP) is 1.64. The van der Waals surface area contributed by atoms with Crippen LogP contribution in [0.4, 0.5) is 13.2 Å². The van der Waals surface area contributed by atoms with Crippen molar-refractivity contribution < 1.29 is 22.8 Å². The summed E-state index contributed by atoms with van der Waals surface area (Å²) in [7, 11) is 0. The van der Waals surface area contributed by atoms with Gasteiger partial charge in [-0.1, -0.05) is 0 Å². The smallest absolute Gasteiger partial charge is 0.343 e. The third kappa shape index (κ3) is 4.25. The first-order chi connectivity index (χ1) is 11.2. The molecule has 0 aliphatic carbocycles. The Labute approximate surface area is 138 Å². The minimum Gasteiger partial charge on any atom is -0.343 e. The number of nitrogens with one attached hydrogen (secondary N) is 2. The minimum atomic E-state index is -4.44. The molecule has 1 aromatic carbocycles. The van der Waals surface area contributed by atoms with Crippen LogP contribution in [0, 0.1) is 0 Å². The molecule has 8 heteroatoms. The Hall–Kier alpha value is -2.09. The highest BCUT2D eigenvalue weighted by atomic mass is 19.4. The average molecular weight is 343 g/mol. The lowest BCUT2D eigenvalue weighted by atomic mass is 10.1. The lowest BCUT2D eigenvalue weighted by Gasteiger charge is -2.38. The first-order valence-electron chi connectivity index (χ1n) is 7.68. The number of hydrogen-bond acceptors (Lipinski definition) is 3. The zero-order chi connectivity index (χ0) is 17.9. The molecule has 2 rings (SSSR count). The number of alkyl halides is 3. The molecular weight excluding hydrogens is 323 g/mol. The highest BCUT2D eigenvalue weighted by molar-refractivity contribution is 5.96. The second kappa shape index (κ2) is 7.21. The summed E-state index contributed by atoms with van der Waals surface area (Å²) in [6.07, 6.45) is -4.44. The van der Waals surface area contributed by atoms with Crippen molar-refractivity contribution >= 4 is 11.8 Å². The van der Waals surface area contributed by atoms with Gasteiger partial charge in [0.25, 0.3) is 5.91 Å². The van der Waals surface area contributed by atoms with Crippen molar-refractivity contribution in [3.8, 4) is 0 Å². The Kier molecular flexibility index (Phi) is 5.48. The van der Waals surface area contributed by atoms with Gasteiger partial charge in [-0.15, -0.1) is 0 Å². The van der Waals surface area contributed by atoms with Gasteiger partial charge in [0.15, 0.2) is 0 Å². The van der Waals surface area contributed by atoms with Crippen LogP contribution in [0.15, 0.2) is 24.3 Å². The molecule has 0 bridgehead atoms. The molecule has 1 aliphatic heterocycles. The zero-order valence-corrected chi connectivity index (χ0v) is 13.5. The van der Waals surface area contributed by atoms with Crippen molar-refractivity contribution in [3.05, 3.63) is 35.4 Å². The van der Waals surface area contributed by atoms with Crippen LogP contribution in [-0.2, 0) is 11.0 Å². The summed E-state index contributed by atoms with van der Waals surface area (Å²) in [5.74, 6) is -0.788. The lowest BCUT2D eigenvalue weighted by molar-refractivity contribution is -0.137. The van der Waals surface area contributed by atoms with E-state index >= 15 is 0 Å². The van der Waals surface area contributed by atoms with E-state index in [2.05, 4.69) is 10.6 Å². The fourth-order valence-electron chi connectivity index (χ4n) is 2.58. The van der Waals surface area contributed by atoms with Crippen LogP contribution in [0.1, 0.15) is 29.8 Å². The van der Waals surface area contributed by atoms with Gasteiger partial charge in [0.1, 0.15) is 0 Å². The van der Waals surface area contributed by atoms with Crippen molar-refractivity contribution in [2.75, 3.05) is 19.6 Å². The van der Waals surface area contributed by atoms with Gasteiger partial charge in [-0.3, -0.25) is 9.59 Å². The summed E-state index contributed by atoms with van der Waals surface area (Å²) in [5, 5.41) is 5.71. The van der Waals surface area contributed by atoms with Crippen LogP contribution in [0.5, 0.6) is 0 Å². The van der Waals surface area contributed by atoms with Gasteiger partial charge in [0.05, 0.1) is 12.1 Å². The maximum atomic E-state index is 12.5. The highest BCUT2D eigenvalue weighted by Crippen LogP contribution is 2.29. The topological polar surface area (TPSA) is 61.4 Å². The standard InChI is InChI=1S/C16H20F3N3O2/c1-10-11(2)22(8-7-20-10)14(23)9-21-15(24)12-3-5-13(6-4-12)16(17,18)19/h3-6,10-11,20H,7-9H2,1-2H3,(H,21,24). The Morgan fingerprint density at radius 2 is 1.88 bits per heavy atom. The van der Waals surface area contributed by atoms with Gasteiger partial charge in [-0.25, -0.2) is 0 Å². The molecule has 1 aromatic rings. The summed E-state index contributed by atoms with van der Waals surface area (Å²) >= 11 is 0. The van der Waals surface area contributed by atoms with Crippen LogP contribution >= 0.6 is 0 Å². The van der Waals surface area contributed by atoms with E-state index in [-0.39, 0.29) is 30.1 Å². The third-order valence-electron chi connectivity index (χ3n) is 4.23. The molecule has 5 nitrogen and oxygen atoms in total. The number of nitrogens with zero attached hydrogens (tertiary/aromatic N) is 1. The molecule has 1 fully saturated rings. The predicted molar refractivity (Wildman–Crippen MR) is 82.4 cm³/mol. The molecule has 24 heavy (non-hydrogen) atoms. The number of halogens is 3. The highest BCUT2D eigenvalue weighted by Gasteiger charge is 2.30. The quantitative estimate of drug-likeness (QED) is 0.877. The summed E-state index contributed by atoms with van der Waals surface area (Å²) in [6.45, 7) is 4.96. The summed E-state index contributed by atoms with van der Waals surface area (Å²) < 4.78 is 37.5. The zero-order valence-electron chi connectivity index (χ0n) is 13.5. The van der Waals surface area contributed by atoms with Crippen LogP contribution in [0.25, 0.3) is 0 Å². The normalized spacial score (nSPS) is 21.5. The number of amides is 2. The Morgan fingerprint density at radius 1 is 1.25 bits per heavy atom. The molecular formula is C16H20F3N3O2. The largest absolute Gasteiger partial charge is 0.416 e. The maximum absolute atomic E-state index is 12.5. The van der Waals surface area contributed by atoms with Gasteiger partial charge in [0.2, 0.25) is 5.91 Å². The second-order valence-electron chi connectivity index (χ2n) is 5.83. The van der Waals surface area contributed by atoms with Gasteiger partial charge in [-0.05, 0) is 38.1 Å². The minimum absolute atomic E-state index is 0.00854. The summed E-state index contributed by atoms with van der Waals surface area (Å²) in [5.41, 5.74) is -0.740. The van der Waals surface area contributed by atoms with E-state index in [1.165, 1.54) is 0 Å². The Bertz CT molecular complexity index is 602. The SMILES string of the molecule is CC1NCCN(C(=O)CNC(=O)c2ccc(C(F)(F)F)cc2)C1C. The van der Waals surface area contributed by atoms with Gasteiger partial charge in [-0.2, -0.15) is 13.2 Å². The van der Waals surface area contributed by atoms with Crippen LogP contribution in [-0.4, -0.2) is 48.4 Å². The summed E-state index contributed by atoms with van der Waals surface area (Å²) in [4.78, 5) is 25.9. The van der Waals surface area contributed by atoms with E-state index < -0.39 is 17.6 Å². The average Bonchev–Trinajstić information content (AvgIpc) is 2.54. The van der Waals surface area contributed by atoms with Crippen LogP contribution in [0.3, 0.4) is 0 Å². The summed E-state index contributed by atoms with van der Waals surface area (Å²) in [6, 6.07) is 4.05. The molecule has 1 aliphatic rings. The number of piperazine rings is 1. The van der Waals surface area contributed by atoms with E-state index in [0.717, 1.165) is 24.3 Å². The first kappa shape index (κ1) is 18.3. The van der Waals surface area contributed by atoms with E-state index in [0.29, 0.717) is 13.1 Å². The van der Waals surface area contributed by atoms with Crippen molar-refractivity contribution in [1.82, 2.24) is 15.5 Å². The molecule has 132 valence electrons. The molecule has 0 aromatic heterocycles. The van der Waals surface area contributed by atoms with Crippen molar-refractivity contribution in [3.63, 3.8) is 0 Å². The number of carbonyl (C=O) groups excluding carboxylic acids is 2.